The molecule has 1 aromatic rings. The largest absolute Gasteiger partial charge is 0.370 e. The lowest BCUT2D eigenvalue weighted by Crippen LogP contribution is -2.38. The summed E-state index contributed by atoms with van der Waals surface area (Å²) >= 11 is 1.25. The maximum atomic E-state index is 11.9. The molecule has 0 saturated carbocycles. The number of nitrogens with zero attached hydrogens (tertiary/aromatic N) is 1. The molecule has 0 aliphatic heterocycles. The molecule has 0 aliphatic carbocycles. The number of nitrogens with two attached hydrogens (primary N) is 1. The van der Waals surface area contributed by atoms with Crippen LogP contribution in [0.4, 0.5) is 0 Å². The molecule has 0 saturated heterocycles. The molecule has 1 aromatic heterocycles. The summed E-state index contributed by atoms with van der Waals surface area (Å²) in [7, 11) is -3.43. The van der Waals surface area contributed by atoms with E-state index in [0.29, 0.717) is 16.7 Å². The third-order valence-corrected chi connectivity index (χ3v) is 5.63. The number of hydrogen-bond donors (Lipinski definition) is 3. The number of sulfonamides is 1. The van der Waals surface area contributed by atoms with Crippen LogP contribution in [0.15, 0.2) is 21.3 Å². The minimum absolute atomic E-state index is 0. The Kier molecular flexibility index (Phi) is 9.41. The molecule has 0 fully saturated rings. The van der Waals surface area contributed by atoms with Crippen molar-refractivity contribution in [3.05, 3.63) is 17.0 Å². The van der Waals surface area contributed by atoms with Crippen LogP contribution in [0.25, 0.3) is 0 Å². The van der Waals surface area contributed by atoms with Crippen LogP contribution in [0, 0.1) is 6.92 Å². The molecule has 6 nitrogen and oxygen atoms in total. The first-order valence-corrected chi connectivity index (χ1v) is 8.77. The van der Waals surface area contributed by atoms with E-state index in [9.17, 15) is 8.42 Å². The smallest absolute Gasteiger partial charge is 0.250 e. The van der Waals surface area contributed by atoms with E-state index in [1.165, 1.54) is 11.3 Å². The Hall–Kier alpha value is -0.390. The van der Waals surface area contributed by atoms with E-state index >= 15 is 0 Å². The van der Waals surface area contributed by atoms with E-state index in [2.05, 4.69) is 15.0 Å². The van der Waals surface area contributed by atoms with Gasteiger partial charge < -0.3 is 11.1 Å². The van der Waals surface area contributed by atoms with Crippen molar-refractivity contribution in [1.29, 1.82) is 0 Å². The molecule has 0 aliphatic rings. The molecular formula is C12H23IN4O2S2. The van der Waals surface area contributed by atoms with Crippen LogP contribution in [-0.4, -0.2) is 33.5 Å². The molecule has 1 heterocycles. The fraction of sp³-hybridized carbons (Fsp3) is 0.583. The van der Waals surface area contributed by atoms with Gasteiger partial charge in [0.05, 0.1) is 6.54 Å². The number of thiophene rings is 1. The van der Waals surface area contributed by atoms with Gasteiger partial charge >= 0.3 is 0 Å². The van der Waals surface area contributed by atoms with Crippen molar-refractivity contribution in [3.63, 3.8) is 0 Å². The summed E-state index contributed by atoms with van der Waals surface area (Å²) in [5, 5.41) is 3.01. The van der Waals surface area contributed by atoms with E-state index in [0.717, 1.165) is 11.3 Å². The minimum Gasteiger partial charge on any atom is -0.370 e. The van der Waals surface area contributed by atoms with Gasteiger partial charge in [-0.2, -0.15) is 0 Å². The molecule has 0 amide bonds. The number of aliphatic imine (C=N–C) groups is 1. The van der Waals surface area contributed by atoms with Crippen molar-refractivity contribution in [3.8, 4) is 0 Å². The third kappa shape index (κ3) is 7.43. The van der Waals surface area contributed by atoms with Crippen molar-refractivity contribution in [2.75, 3.05) is 13.1 Å². The number of hydrogen-bond acceptors (Lipinski definition) is 4. The standard InChI is InChI=1S/C12H22N4O2S2.HI/c1-4-9(2)16-12(13)14-7-8-15-20(17,18)11-6-5-10(3)19-11;/h5-6,9,15H,4,7-8H2,1-3H3,(H3,13,14,16);1H. The van der Waals surface area contributed by atoms with Gasteiger partial charge in [-0.1, -0.05) is 6.92 Å². The summed E-state index contributed by atoms with van der Waals surface area (Å²) in [6.07, 6.45) is 0.945. The lowest BCUT2D eigenvalue weighted by molar-refractivity contribution is 0.584. The van der Waals surface area contributed by atoms with Crippen molar-refractivity contribution in [1.82, 2.24) is 10.0 Å². The average Bonchev–Trinajstić information content (AvgIpc) is 2.82. The zero-order valence-electron chi connectivity index (χ0n) is 12.4. The second-order valence-electron chi connectivity index (χ2n) is 4.48. The fourth-order valence-corrected chi connectivity index (χ4v) is 3.73. The second-order valence-corrected chi connectivity index (χ2v) is 7.77. The van der Waals surface area contributed by atoms with Gasteiger partial charge in [0.1, 0.15) is 4.21 Å². The first kappa shape index (κ1) is 20.6. The van der Waals surface area contributed by atoms with Crippen molar-refractivity contribution < 1.29 is 8.42 Å². The molecule has 21 heavy (non-hydrogen) atoms. The number of nitrogens with one attached hydrogen (secondary N) is 2. The number of halogens is 1. The Balaban J connectivity index is 0.00000400. The molecule has 1 atom stereocenters. The summed E-state index contributed by atoms with van der Waals surface area (Å²) in [5.41, 5.74) is 5.68. The quantitative estimate of drug-likeness (QED) is 0.257. The van der Waals surface area contributed by atoms with Gasteiger partial charge in [-0.15, -0.1) is 35.3 Å². The fourth-order valence-electron chi connectivity index (χ4n) is 1.38. The van der Waals surface area contributed by atoms with Crippen LogP contribution in [0.2, 0.25) is 0 Å². The van der Waals surface area contributed by atoms with E-state index in [1.54, 1.807) is 12.1 Å². The third-order valence-electron chi connectivity index (χ3n) is 2.67. The summed E-state index contributed by atoms with van der Waals surface area (Å²) in [5.74, 6) is 0.338. The van der Waals surface area contributed by atoms with Crippen molar-refractivity contribution in [2.45, 2.75) is 37.4 Å². The van der Waals surface area contributed by atoms with Gasteiger partial charge in [-0.05, 0) is 32.4 Å². The Morgan fingerprint density at radius 3 is 2.67 bits per heavy atom. The Bertz CT molecular complexity index is 557. The topological polar surface area (TPSA) is 96.6 Å². The SMILES string of the molecule is CCC(C)NC(N)=NCCNS(=O)(=O)c1ccc(C)s1.I. The Morgan fingerprint density at radius 1 is 1.48 bits per heavy atom. The first-order chi connectivity index (χ1) is 9.35. The van der Waals surface area contributed by atoms with Crippen molar-refractivity contribution >= 4 is 51.3 Å². The maximum absolute atomic E-state index is 11.9. The molecule has 9 heteroatoms. The molecular weight excluding hydrogens is 423 g/mol. The number of rotatable bonds is 7. The molecule has 0 aromatic carbocycles. The van der Waals surface area contributed by atoms with Crippen LogP contribution in [0.5, 0.6) is 0 Å². The monoisotopic (exact) mass is 446 g/mol. The summed E-state index contributed by atoms with van der Waals surface area (Å²) in [6.45, 7) is 6.45. The molecule has 4 N–H and O–H groups in total. The molecule has 1 rings (SSSR count). The second kappa shape index (κ2) is 9.59. The number of aryl methyl sites for hydroxylation is 1. The van der Waals surface area contributed by atoms with Crippen LogP contribution < -0.4 is 15.8 Å². The van der Waals surface area contributed by atoms with E-state index in [4.69, 9.17) is 5.73 Å². The summed E-state index contributed by atoms with van der Waals surface area (Å²) < 4.78 is 26.7. The van der Waals surface area contributed by atoms with Crippen LogP contribution >= 0.6 is 35.3 Å². The number of guanidine groups is 1. The predicted molar refractivity (Wildman–Crippen MR) is 99.0 cm³/mol. The normalized spacial score (nSPS) is 13.6. The van der Waals surface area contributed by atoms with Gasteiger partial charge in [0.15, 0.2) is 5.96 Å². The lowest BCUT2D eigenvalue weighted by atomic mass is 10.3. The van der Waals surface area contributed by atoms with E-state index in [1.807, 2.05) is 20.8 Å². The zero-order valence-corrected chi connectivity index (χ0v) is 16.4. The Labute approximate surface area is 147 Å². The highest BCUT2D eigenvalue weighted by Gasteiger charge is 2.14. The van der Waals surface area contributed by atoms with Crippen molar-refractivity contribution in [2.24, 2.45) is 10.7 Å². The predicted octanol–water partition coefficient (Wildman–Crippen LogP) is 1.66. The van der Waals surface area contributed by atoms with Gasteiger partial charge in [-0.25, -0.2) is 13.1 Å². The lowest BCUT2D eigenvalue weighted by Gasteiger charge is -2.11. The molecule has 0 bridgehead atoms. The Morgan fingerprint density at radius 2 is 2.14 bits per heavy atom. The van der Waals surface area contributed by atoms with Gasteiger partial charge in [0.2, 0.25) is 10.0 Å². The van der Waals surface area contributed by atoms with Gasteiger partial charge in [0.25, 0.3) is 0 Å². The molecule has 1 unspecified atom stereocenters. The van der Waals surface area contributed by atoms with E-state index in [-0.39, 0.29) is 36.6 Å². The highest BCUT2D eigenvalue weighted by Crippen LogP contribution is 2.19. The van der Waals surface area contributed by atoms with Crippen LogP contribution in [0.1, 0.15) is 25.1 Å². The molecule has 122 valence electrons. The van der Waals surface area contributed by atoms with Gasteiger partial charge in [0, 0.05) is 17.5 Å². The molecule has 0 radical (unpaired) electrons. The van der Waals surface area contributed by atoms with Crippen LogP contribution in [-0.2, 0) is 10.0 Å². The van der Waals surface area contributed by atoms with E-state index < -0.39 is 10.0 Å². The highest BCUT2D eigenvalue weighted by molar-refractivity contribution is 14.0. The molecule has 0 spiro atoms. The first-order valence-electron chi connectivity index (χ1n) is 6.47. The minimum atomic E-state index is -3.43. The maximum Gasteiger partial charge on any atom is 0.250 e. The summed E-state index contributed by atoms with van der Waals surface area (Å²) in [4.78, 5) is 5.04. The zero-order chi connectivity index (χ0) is 15.2. The highest BCUT2D eigenvalue weighted by atomic mass is 127. The average molecular weight is 446 g/mol. The van der Waals surface area contributed by atoms with Crippen LogP contribution in [0.3, 0.4) is 0 Å². The summed E-state index contributed by atoms with van der Waals surface area (Å²) in [6, 6.07) is 3.64. The van der Waals surface area contributed by atoms with Gasteiger partial charge in [-0.3, -0.25) is 4.99 Å².